The molecular formula is C23H21BrN2O3S. The Balaban J connectivity index is 1.56. The van der Waals surface area contributed by atoms with Gasteiger partial charge in [0.05, 0.1) is 4.90 Å². The molecule has 1 aliphatic heterocycles. The minimum Gasteiger partial charge on any atom is -0.305 e. The van der Waals surface area contributed by atoms with Crippen LogP contribution in [-0.2, 0) is 23.0 Å². The van der Waals surface area contributed by atoms with Crippen LogP contribution in [0.25, 0.3) is 0 Å². The van der Waals surface area contributed by atoms with E-state index in [4.69, 9.17) is 0 Å². The van der Waals surface area contributed by atoms with Gasteiger partial charge < -0.3 is 4.90 Å². The van der Waals surface area contributed by atoms with Crippen LogP contribution < -0.4 is 9.62 Å². The summed E-state index contributed by atoms with van der Waals surface area (Å²) in [5.41, 5.74) is 3.37. The molecule has 0 bridgehead atoms. The van der Waals surface area contributed by atoms with E-state index in [0.717, 1.165) is 27.7 Å². The Bertz CT molecular complexity index is 1180. The third-order valence-corrected chi connectivity index (χ3v) is 7.14. The summed E-state index contributed by atoms with van der Waals surface area (Å²) in [5.74, 6) is -0.0468. The van der Waals surface area contributed by atoms with E-state index in [1.807, 2.05) is 55.5 Å². The van der Waals surface area contributed by atoms with E-state index in [9.17, 15) is 13.2 Å². The molecular weight excluding hydrogens is 464 g/mol. The van der Waals surface area contributed by atoms with Crippen LogP contribution in [0.4, 0.5) is 5.69 Å². The van der Waals surface area contributed by atoms with Crippen LogP contribution in [-0.4, -0.2) is 20.4 Å². The topological polar surface area (TPSA) is 66.5 Å². The molecule has 5 nitrogen and oxygen atoms in total. The molecule has 0 saturated carbocycles. The molecule has 0 saturated heterocycles. The maximum atomic E-state index is 13.1. The third-order valence-electron chi connectivity index (χ3n) is 5.20. The number of amides is 1. The first-order chi connectivity index (χ1) is 14.3. The Hall–Kier alpha value is -2.48. The summed E-state index contributed by atoms with van der Waals surface area (Å²) in [4.78, 5) is 15.1. The van der Waals surface area contributed by atoms with Crippen molar-refractivity contribution in [2.24, 2.45) is 0 Å². The molecule has 0 unspecified atom stereocenters. The van der Waals surface area contributed by atoms with E-state index in [1.54, 1.807) is 29.2 Å². The number of benzene rings is 3. The summed E-state index contributed by atoms with van der Waals surface area (Å²) in [6, 6.07) is 21.5. The molecule has 30 heavy (non-hydrogen) atoms. The lowest BCUT2D eigenvalue weighted by atomic mass is 10.1. The van der Waals surface area contributed by atoms with Crippen LogP contribution in [0.15, 0.2) is 82.2 Å². The summed E-state index contributed by atoms with van der Waals surface area (Å²) in [5, 5.41) is 0. The van der Waals surface area contributed by atoms with Gasteiger partial charge in [0.15, 0.2) is 0 Å². The number of anilines is 1. The number of sulfonamides is 1. The predicted octanol–water partition coefficient (Wildman–Crippen LogP) is 4.52. The second-order valence-corrected chi connectivity index (χ2v) is 10.0. The Morgan fingerprint density at radius 3 is 2.47 bits per heavy atom. The van der Waals surface area contributed by atoms with Gasteiger partial charge >= 0.3 is 0 Å². The van der Waals surface area contributed by atoms with Crippen molar-refractivity contribution in [3.05, 3.63) is 94.0 Å². The van der Waals surface area contributed by atoms with Crippen molar-refractivity contribution in [3.63, 3.8) is 0 Å². The van der Waals surface area contributed by atoms with Crippen LogP contribution in [0, 0.1) is 0 Å². The number of nitrogens with one attached hydrogen (secondary N) is 1. The molecule has 4 rings (SSSR count). The smallest absolute Gasteiger partial charge is 0.258 e. The van der Waals surface area contributed by atoms with Gasteiger partial charge in [0.2, 0.25) is 10.0 Å². The molecule has 1 amide bonds. The number of carbonyl (C=O) groups is 1. The molecule has 1 N–H and O–H groups in total. The largest absolute Gasteiger partial charge is 0.305 e. The predicted molar refractivity (Wildman–Crippen MR) is 121 cm³/mol. The first-order valence-electron chi connectivity index (χ1n) is 9.61. The van der Waals surface area contributed by atoms with E-state index in [0.29, 0.717) is 5.56 Å². The first kappa shape index (κ1) is 20.8. The summed E-state index contributed by atoms with van der Waals surface area (Å²) in [6.45, 7) is 2.17. The molecule has 3 aromatic carbocycles. The molecule has 1 heterocycles. The molecule has 7 heteroatoms. The Kier molecular flexibility index (Phi) is 5.77. The zero-order valence-electron chi connectivity index (χ0n) is 16.4. The number of nitrogens with zero attached hydrogens (tertiary/aromatic N) is 1. The van der Waals surface area contributed by atoms with E-state index in [1.165, 1.54) is 0 Å². The van der Waals surface area contributed by atoms with Gasteiger partial charge in [-0.3, -0.25) is 4.79 Å². The summed E-state index contributed by atoms with van der Waals surface area (Å²) in [6.07, 6.45) is 0.777. The Labute approximate surface area is 184 Å². The molecule has 0 radical (unpaired) electrons. The van der Waals surface area contributed by atoms with Crippen LogP contribution in [0.3, 0.4) is 0 Å². The van der Waals surface area contributed by atoms with Gasteiger partial charge in [-0.25, -0.2) is 13.1 Å². The molecule has 3 aromatic rings. The van der Waals surface area contributed by atoms with Crippen molar-refractivity contribution in [1.29, 1.82) is 0 Å². The van der Waals surface area contributed by atoms with Gasteiger partial charge in [-0.05, 0) is 66.9 Å². The van der Waals surface area contributed by atoms with Crippen molar-refractivity contribution in [2.75, 3.05) is 4.90 Å². The van der Waals surface area contributed by atoms with Gasteiger partial charge in [0.1, 0.15) is 0 Å². The van der Waals surface area contributed by atoms with Crippen LogP contribution in [0.2, 0.25) is 0 Å². The van der Waals surface area contributed by atoms with Crippen molar-refractivity contribution >= 4 is 37.5 Å². The van der Waals surface area contributed by atoms with Gasteiger partial charge in [-0.15, -0.1) is 0 Å². The zero-order chi connectivity index (χ0) is 21.3. The summed E-state index contributed by atoms with van der Waals surface area (Å²) in [7, 11) is -3.62. The number of hydrogen-bond acceptors (Lipinski definition) is 3. The van der Waals surface area contributed by atoms with Gasteiger partial charge in [0.25, 0.3) is 5.91 Å². The molecule has 0 spiro atoms. The fourth-order valence-corrected chi connectivity index (χ4v) is 4.95. The highest BCUT2D eigenvalue weighted by Gasteiger charge is 2.31. The highest BCUT2D eigenvalue weighted by molar-refractivity contribution is 9.10. The number of carbonyl (C=O) groups excluding carboxylic acids is 1. The highest BCUT2D eigenvalue weighted by atomic mass is 79.9. The SMILES string of the molecule is C[C@H]1Cc2ccc(CNS(=O)(=O)c3ccc(Br)cc3)cc2N1C(=O)c1ccccc1. The number of hydrogen-bond donors (Lipinski definition) is 1. The van der Waals surface area contributed by atoms with Gasteiger partial charge in [-0.2, -0.15) is 0 Å². The average molecular weight is 485 g/mol. The van der Waals surface area contributed by atoms with Crippen molar-refractivity contribution < 1.29 is 13.2 Å². The second kappa shape index (κ2) is 8.34. The maximum absolute atomic E-state index is 13.1. The molecule has 0 fully saturated rings. The number of halogens is 1. The normalized spacial score (nSPS) is 15.8. The van der Waals surface area contributed by atoms with Gasteiger partial charge in [-0.1, -0.05) is 46.3 Å². The lowest BCUT2D eigenvalue weighted by Gasteiger charge is -2.23. The number of fused-ring (bicyclic) bond motifs is 1. The quantitative estimate of drug-likeness (QED) is 0.578. The van der Waals surface area contributed by atoms with E-state index in [-0.39, 0.29) is 23.4 Å². The summed E-state index contributed by atoms with van der Waals surface area (Å²) >= 11 is 3.31. The van der Waals surface area contributed by atoms with Crippen molar-refractivity contribution in [2.45, 2.75) is 30.8 Å². The van der Waals surface area contributed by atoms with E-state index >= 15 is 0 Å². The standard InChI is InChI=1S/C23H21BrN2O3S/c1-16-13-19-8-7-17(15-25-30(28,29)21-11-9-20(24)10-12-21)14-22(19)26(16)23(27)18-5-3-2-4-6-18/h2-12,14,16,25H,13,15H2,1H3/t16-/m0/s1. The highest BCUT2D eigenvalue weighted by Crippen LogP contribution is 2.34. The number of rotatable bonds is 5. The van der Waals surface area contributed by atoms with Crippen molar-refractivity contribution in [1.82, 2.24) is 4.72 Å². The monoisotopic (exact) mass is 484 g/mol. The van der Waals surface area contributed by atoms with E-state index < -0.39 is 10.0 Å². The lowest BCUT2D eigenvalue weighted by Crippen LogP contribution is -2.35. The third kappa shape index (κ3) is 4.19. The molecule has 0 aliphatic carbocycles. The van der Waals surface area contributed by atoms with Gasteiger partial charge in [0, 0.05) is 28.3 Å². The minimum absolute atomic E-state index is 0.0439. The molecule has 1 aliphatic rings. The Morgan fingerprint density at radius 1 is 1.07 bits per heavy atom. The average Bonchev–Trinajstić information content (AvgIpc) is 3.07. The lowest BCUT2D eigenvalue weighted by molar-refractivity contribution is 0.0981. The molecule has 1 atom stereocenters. The summed E-state index contributed by atoms with van der Waals surface area (Å²) < 4.78 is 28.6. The maximum Gasteiger partial charge on any atom is 0.258 e. The fourth-order valence-electron chi connectivity index (χ4n) is 3.67. The zero-order valence-corrected chi connectivity index (χ0v) is 18.8. The molecule has 0 aromatic heterocycles. The molecule has 154 valence electrons. The van der Waals surface area contributed by atoms with Crippen molar-refractivity contribution in [3.8, 4) is 0 Å². The minimum atomic E-state index is -3.62. The van der Waals surface area contributed by atoms with Crippen LogP contribution in [0.1, 0.15) is 28.4 Å². The first-order valence-corrected chi connectivity index (χ1v) is 11.9. The second-order valence-electron chi connectivity index (χ2n) is 7.34. The van der Waals surface area contributed by atoms with E-state index in [2.05, 4.69) is 20.7 Å². The van der Waals surface area contributed by atoms with Crippen LogP contribution in [0.5, 0.6) is 0 Å². The Morgan fingerprint density at radius 2 is 1.77 bits per heavy atom. The van der Waals surface area contributed by atoms with Crippen LogP contribution >= 0.6 is 15.9 Å². The fraction of sp³-hybridized carbons (Fsp3) is 0.174.